The van der Waals surface area contributed by atoms with Gasteiger partial charge in [-0.25, -0.2) is 18.4 Å². The molecule has 2 heterocycles. The number of aromatic nitrogens is 3. The molecule has 0 radical (unpaired) electrons. The lowest BCUT2D eigenvalue weighted by atomic mass is 10.1. The molecule has 0 spiro atoms. The number of hydrogen-bond donors (Lipinski definition) is 1. The van der Waals surface area contributed by atoms with Gasteiger partial charge in [0.25, 0.3) is 10.0 Å². The molecule has 0 amide bonds. The van der Waals surface area contributed by atoms with Crippen LogP contribution in [0.3, 0.4) is 0 Å². The van der Waals surface area contributed by atoms with Crippen LogP contribution in [-0.2, 0) is 10.0 Å². The van der Waals surface area contributed by atoms with Crippen LogP contribution in [0.5, 0.6) is 0 Å². The smallest absolute Gasteiger partial charge is 0.262 e. The normalized spacial score (nSPS) is 11.7. The zero-order valence-corrected chi connectivity index (χ0v) is 16.7. The molecular weight excluding hydrogens is 372 g/mol. The van der Waals surface area contributed by atoms with E-state index in [9.17, 15) is 8.42 Å². The number of rotatable bonds is 4. The Hall–Kier alpha value is -3.19. The molecule has 0 atom stereocenters. The van der Waals surface area contributed by atoms with E-state index in [1.807, 2.05) is 54.8 Å². The van der Waals surface area contributed by atoms with Crippen molar-refractivity contribution >= 4 is 21.5 Å². The Morgan fingerprint density at radius 3 is 2.61 bits per heavy atom. The number of sulfonamides is 1. The van der Waals surface area contributed by atoms with E-state index in [1.165, 1.54) is 0 Å². The summed E-state index contributed by atoms with van der Waals surface area (Å²) in [5, 5.41) is 0. The van der Waals surface area contributed by atoms with Crippen LogP contribution in [0.1, 0.15) is 16.8 Å². The maximum Gasteiger partial charge on any atom is 0.262 e. The SMILES string of the molecule is Cc1ccc(C)c(S(=O)(=O)Nc2cccc(-c3nc4ncccn4c3C)c2)c1. The van der Waals surface area contributed by atoms with Crippen molar-refractivity contribution in [3.05, 3.63) is 77.7 Å². The van der Waals surface area contributed by atoms with Crippen LogP contribution in [0.15, 0.2) is 65.8 Å². The maximum atomic E-state index is 12.9. The second kappa shape index (κ2) is 6.76. The zero-order valence-electron chi connectivity index (χ0n) is 15.8. The van der Waals surface area contributed by atoms with Crippen LogP contribution in [0.2, 0.25) is 0 Å². The molecule has 2 aromatic heterocycles. The van der Waals surface area contributed by atoms with Gasteiger partial charge < -0.3 is 0 Å². The van der Waals surface area contributed by atoms with Gasteiger partial charge >= 0.3 is 0 Å². The molecule has 28 heavy (non-hydrogen) atoms. The number of benzene rings is 2. The van der Waals surface area contributed by atoms with Gasteiger partial charge in [0.2, 0.25) is 5.78 Å². The molecule has 0 saturated carbocycles. The standard InChI is InChI=1S/C21H20N4O2S/c1-14-8-9-15(2)19(12-14)28(26,27)24-18-7-4-6-17(13-18)20-16(3)25-11-5-10-22-21(25)23-20/h4-13,24H,1-3H3. The van der Waals surface area contributed by atoms with Gasteiger partial charge in [-0.15, -0.1) is 0 Å². The number of nitrogens with zero attached hydrogens (tertiary/aromatic N) is 3. The Labute approximate surface area is 164 Å². The second-order valence-electron chi connectivity index (χ2n) is 6.79. The van der Waals surface area contributed by atoms with E-state index >= 15 is 0 Å². The first-order valence-electron chi connectivity index (χ1n) is 8.85. The van der Waals surface area contributed by atoms with Crippen molar-refractivity contribution in [3.63, 3.8) is 0 Å². The molecule has 4 rings (SSSR count). The Bertz CT molecular complexity index is 1290. The molecule has 0 fully saturated rings. The molecule has 0 saturated heterocycles. The molecule has 0 bridgehead atoms. The summed E-state index contributed by atoms with van der Waals surface area (Å²) in [4.78, 5) is 9.13. The van der Waals surface area contributed by atoms with Crippen molar-refractivity contribution < 1.29 is 8.42 Å². The minimum Gasteiger partial charge on any atom is -0.288 e. The van der Waals surface area contributed by atoms with Gasteiger partial charge in [0.05, 0.1) is 10.6 Å². The summed E-state index contributed by atoms with van der Waals surface area (Å²) >= 11 is 0. The van der Waals surface area contributed by atoms with Crippen LogP contribution in [0, 0.1) is 20.8 Å². The van der Waals surface area contributed by atoms with Gasteiger partial charge in [0.15, 0.2) is 0 Å². The molecule has 4 aromatic rings. The third-order valence-electron chi connectivity index (χ3n) is 4.66. The van der Waals surface area contributed by atoms with E-state index in [-0.39, 0.29) is 4.90 Å². The van der Waals surface area contributed by atoms with Gasteiger partial charge in [-0.2, -0.15) is 0 Å². The van der Waals surface area contributed by atoms with Crippen LogP contribution in [0.4, 0.5) is 5.69 Å². The summed E-state index contributed by atoms with van der Waals surface area (Å²) in [7, 11) is -3.69. The highest BCUT2D eigenvalue weighted by Gasteiger charge is 2.18. The average molecular weight is 392 g/mol. The second-order valence-corrected chi connectivity index (χ2v) is 8.44. The van der Waals surface area contributed by atoms with E-state index < -0.39 is 10.0 Å². The van der Waals surface area contributed by atoms with E-state index in [4.69, 9.17) is 0 Å². The predicted octanol–water partition coefficient (Wildman–Crippen LogP) is 4.12. The van der Waals surface area contributed by atoms with Crippen molar-refractivity contribution in [2.24, 2.45) is 0 Å². The van der Waals surface area contributed by atoms with Crippen LogP contribution in [0.25, 0.3) is 17.0 Å². The molecule has 0 aliphatic heterocycles. The Morgan fingerprint density at radius 1 is 1.00 bits per heavy atom. The molecule has 1 N–H and O–H groups in total. The fraction of sp³-hybridized carbons (Fsp3) is 0.143. The van der Waals surface area contributed by atoms with Gasteiger partial charge in [0, 0.05) is 29.3 Å². The molecule has 2 aromatic carbocycles. The highest BCUT2D eigenvalue weighted by Crippen LogP contribution is 2.27. The highest BCUT2D eigenvalue weighted by molar-refractivity contribution is 7.92. The van der Waals surface area contributed by atoms with Crippen LogP contribution < -0.4 is 4.72 Å². The highest BCUT2D eigenvalue weighted by atomic mass is 32.2. The van der Waals surface area contributed by atoms with Crippen molar-refractivity contribution in [2.75, 3.05) is 4.72 Å². The fourth-order valence-corrected chi connectivity index (χ4v) is 4.59. The number of aryl methyl sites for hydroxylation is 3. The largest absolute Gasteiger partial charge is 0.288 e. The molecular formula is C21H20N4O2S. The number of imidazole rings is 1. The third-order valence-corrected chi connectivity index (χ3v) is 6.19. The van der Waals surface area contributed by atoms with Gasteiger partial charge in [-0.1, -0.05) is 24.3 Å². The summed E-state index contributed by atoms with van der Waals surface area (Å²) in [6.07, 6.45) is 3.60. The first-order chi connectivity index (χ1) is 13.3. The quantitative estimate of drug-likeness (QED) is 0.567. The summed E-state index contributed by atoms with van der Waals surface area (Å²) < 4.78 is 30.4. The molecule has 0 aliphatic carbocycles. The summed E-state index contributed by atoms with van der Waals surface area (Å²) in [5.74, 6) is 0.608. The van der Waals surface area contributed by atoms with Crippen molar-refractivity contribution in [1.82, 2.24) is 14.4 Å². The monoisotopic (exact) mass is 392 g/mol. The minimum absolute atomic E-state index is 0.283. The van der Waals surface area contributed by atoms with Crippen molar-refractivity contribution in [3.8, 4) is 11.3 Å². The van der Waals surface area contributed by atoms with Crippen molar-refractivity contribution in [2.45, 2.75) is 25.7 Å². The number of hydrogen-bond acceptors (Lipinski definition) is 4. The van der Waals surface area contributed by atoms with Gasteiger partial charge in [-0.05, 0) is 56.2 Å². The Kier molecular flexibility index (Phi) is 4.39. The number of nitrogens with one attached hydrogen (secondary N) is 1. The van der Waals surface area contributed by atoms with Gasteiger partial charge in [-0.3, -0.25) is 9.12 Å². The van der Waals surface area contributed by atoms with E-state index in [0.717, 1.165) is 22.5 Å². The topological polar surface area (TPSA) is 76.4 Å². The minimum atomic E-state index is -3.69. The molecule has 0 unspecified atom stereocenters. The Morgan fingerprint density at radius 2 is 1.82 bits per heavy atom. The average Bonchev–Trinajstić information content (AvgIpc) is 3.00. The lowest BCUT2D eigenvalue weighted by Gasteiger charge is -2.12. The molecule has 142 valence electrons. The number of fused-ring (bicyclic) bond motifs is 1. The van der Waals surface area contributed by atoms with Gasteiger partial charge in [0.1, 0.15) is 0 Å². The maximum absolute atomic E-state index is 12.9. The van der Waals surface area contributed by atoms with E-state index in [2.05, 4.69) is 14.7 Å². The lowest BCUT2D eigenvalue weighted by Crippen LogP contribution is -2.14. The predicted molar refractivity (Wildman–Crippen MR) is 110 cm³/mol. The molecule has 7 heteroatoms. The molecule has 6 nitrogen and oxygen atoms in total. The van der Waals surface area contributed by atoms with Crippen LogP contribution >= 0.6 is 0 Å². The summed E-state index contributed by atoms with van der Waals surface area (Å²) in [5.41, 5.74) is 4.63. The van der Waals surface area contributed by atoms with Crippen molar-refractivity contribution in [1.29, 1.82) is 0 Å². The molecule has 0 aliphatic rings. The summed E-state index contributed by atoms with van der Waals surface area (Å²) in [6.45, 7) is 5.63. The number of anilines is 1. The fourth-order valence-electron chi connectivity index (χ4n) is 3.21. The first kappa shape index (κ1) is 18.2. The van der Waals surface area contributed by atoms with E-state index in [0.29, 0.717) is 17.0 Å². The summed E-state index contributed by atoms with van der Waals surface area (Å²) in [6, 6.07) is 14.5. The Balaban J connectivity index is 1.73. The van der Waals surface area contributed by atoms with E-state index in [1.54, 1.807) is 31.3 Å². The zero-order chi connectivity index (χ0) is 19.9. The first-order valence-corrected chi connectivity index (χ1v) is 10.3. The van der Waals surface area contributed by atoms with Crippen LogP contribution in [-0.4, -0.2) is 22.8 Å². The third kappa shape index (κ3) is 3.25. The lowest BCUT2D eigenvalue weighted by molar-refractivity contribution is 0.600.